The molecule has 0 aliphatic heterocycles. The van der Waals surface area contributed by atoms with Gasteiger partial charge in [0.15, 0.2) is 0 Å². The molecule has 0 saturated heterocycles. The van der Waals surface area contributed by atoms with Crippen LogP contribution < -0.4 is 0 Å². The number of hydrogen-bond donors (Lipinski definition) is 1. The third-order valence-electron chi connectivity index (χ3n) is 0.283. The van der Waals surface area contributed by atoms with Crippen molar-refractivity contribution in [1.82, 2.24) is 4.90 Å². The summed E-state index contributed by atoms with van der Waals surface area (Å²) in [6.07, 6.45) is 0. The summed E-state index contributed by atoms with van der Waals surface area (Å²) in [5, 5.41) is 8.07. The molecule has 0 bridgehead atoms. The van der Waals surface area contributed by atoms with Crippen LogP contribution in [0.3, 0.4) is 0 Å². The van der Waals surface area contributed by atoms with E-state index in [-0.39, 0.29) is 6.73 Å². The van der Waals surface area contributed by atoms with Crippen molar-refractivity contribution in [3.63, 3.8) is 0 Å². The van der Waals surface area contributed by atoms with Gasteiger partial charge in [0, 0.05) is 37.2 Å². The van der Waals surface area contributed by atoms with E-state index in [0.717, 1.165) is 0 Å². The average molecular weight is 329 g/mol. The van der Waals surface area contributed by atoms with Gasteiger partial charge in [0.1, 0.15) is 0 Å². The van der Waals surface area contributed by atoms with Gasteiger partial charge in [-0.3, -0.25) is 4.90 Å². The molecule has 0 aromatic carbocycles. The van der Waals surface area contributed by atoms with E-state index in [0.29, 0.717) is 0 Å². The van der Waals surface area contributed by atoms with Crippen LogP contribution in [-0.2, 0) is 0 Å². The second kappa shape index (κ2) is 10.4. The molecule has 0 rings (SSSR count). The lowest BCUT2D eigenvalue weighted by atomic mass is 11.0. The lowest BCUT2D eigenvalue weighted by molar-refractivity contribution is 0.157. The molecule has 0 aromatic rings. The van der Waals surface area contributed by atoms with E-state index in [2.05, 4.69) is 37.2 Å². The standard InChI is InChI=1S/C3H9NO.I2/c1-4(2)3-5;1-2/h5H,3H2,1-2H3;. The van der Waals surface area contributed by atoms with E-state index in [1.807, 2.05) is 0 Å². The summed E-state index contributed by atoms with van der Waals surface area (Å²) in [6.45, 7) is 0.139. The fraction of sp³-hybridized carbons (Fsp3) is 1.00. The molecule has 0 aliphatic carbocycles. The van der Waals surface area contributed by atoms with E-state index in [4.69, 9.17) is 5.11 Å². The van der Waals surface area contributed by atoms with E-state index < -0.39 is 0 Å². The highest BCUT2D eigenvalue weighted by Gasteiger charge is 1.73. The number of rotatable bonds is 1. The Labute approximate surface area is 67.6 Å². The Hall–Kier alpha value is 1.38. The third-order valence-corrected chi connectivity index (χ3v) is 0.283. The van der Waals surface area contributed by atoms with E-state index >= 15 is 0 Å². The summed E-state index contributed by atoms with van der Waals surface area (Å²) in [5.74, 6) is 0. The minimum Gasteiger partial charge on any atom is -0.381 e. The average Bonchev–Trinajstić information content (AvgIpc) is 1.73. The molecule has 4 heteroatoms. The number of aliphatic hydroxyl groups excluding tert-OH is 1. The Morgan fingerprint density at radius 2 is 1.57 bits per heavy atom. The molecule has 0 saturated carbocycles. The van der Waals surface area contributed by atoms with Gasteiger partial charge in [0.05, 0.1) is 6.73 Å². The van der Waals surface area contributed by atoms with Crippen molar-refractivity contribution in [1.29, 1.82) is 0 Å². The van der Waals surface area contributed by atoms with Crippen molar-refractivity contribution in [2.24, 2.45) is 0 Å². The van der Waals surface area contributed by atoms with E-state index in [9.17, 15) is 0 Å². The van der Waals surface area contributed by atoms with Crippen molar-refractivity contribution in [2.75, 3.05) is 20.8 Å². The first-order chi connectivity index (χ1) is 3.27. The van der Waals surface area contributed by atoms with Crippen LogP contribution in [0.5, 0.6) is 0 Å². The molecule has 7 heavy (non-hydrogen) atoms. The normalized spacial score (nSPS) is 7.71. The van der Waals surface area contributed by atoms with Gasteiger partial charge in [0.2, 0.25) is 0 Å². The third kappa shape index (κ3) is 18.7. The highest BCUT2D eigenvalue weighted by Crippen LogP contribution is 1.89. The van der Waals surface area contributed by atoms with Gasteiger partial charge < -0.3 is 5.11 Å². The van der Waals surface area contributed by atoms with Crippen molar-refractivity contribution < 1.29 is 5.11 Å². The van der Waals surface area contributed by atoms with Crippen LogP contribution in [0, 0.1) is 0 Å². The Balaban J connectivity index is 0. The van der Waals surface area contributed by atoms with Gasteiger partial charge in [-0.15, -0.1) is 0 Å². The van der Waals surface area contributed by atoms with Crippen molar-refractivity contribution in [2.45, 2.75) is 0 Å². The summed E-state index contributed by atoms with van der Waals surface area (Å²) in [6, 6.07) is 0. The second-order valence-electron chi connectivity index (χ2n) is 1.22. The predicted molar refractivity (Wildman–Crippen MR) is 48.8 cm³/mol. The maximum absolute atomic E-state index is 8.07. The van der Waals surface area contributed by atoms with Crippen LogP contribution in [-0.4, -0.2) is 30.8 Å². The maximum Gasteiger partial charge on any atom is 0.0951 e. The van der Waals surface area contributed by atoms with Crippen molar-refractivity contribution in [3.05, 3.63) is 0 Å². The van der Waals surface area contributed by atoms with Crippen LogP contribution in [0.4, 0.5) is 0 Å². The summed E-state index contributed by atoms with van der Waals surface area (Å²) < 4.78 is 0. The molecule has 0 radical (unpaired) electrons. The van der Waals surface area contributed by atoms with Gasteiger partial charge in [-0.1, -0.05) is 0 Å². The topological polar surface area (TPSA) is 23.5 Å². The zero-order chi connectivity index (χ0) is 6.28. The molecule has 0 fully saturated rings. The molecule has 0 unspecified atom stereocenters. The number of nitrogens with zero attached hydrogens (tertiary/aromatic N) is 1. The molecule has 0 spiro atoms. The molecule has 0 aliphatic rings. The number of halogens is 2. The van der Waals surface area contributed by atoms with Gasteiger partial charge in [-0.25, -0.2) is 0 Å². The quantitative estimate of drug-likeness (QED) is 0.579. The first-order valence-corrected chi connectivity index (χ1v) is 7.96. The minimum atomic E-state index is 0.139. The molecule has 0 atom stereocenters. The largest absolute Gasteiger partial charge is 0.381 e. The van der Waals surface area contributed by atoms with Crippen LogP contribution in [0.25, 0.3) is 0 Å². The van der Waals surface area contributed by atoms with Gasteiger partial charge in [-0.2, -0.15) is 0 Å². The van der Waals surface area contributed by atoms with Gasteiger partial charge in [0.25, 0.3) is 0 Å². The van der Waals surface area contributed by atoms with Crippen LogP contribution in [0.1, 0.15) is 0 Å². The zero-order valence-corrected chi connectivity index (χ0v) is 8.67. The molecule has 0 amide bonds. The lowest BCUT2D eigenvalue weighted by Crippen LogP contribution is -2.11. The molecule has 0 heterocycles. The highest BCUT2D eigenvalue weighted by molar-refractivity contribution is 15.0. The Bertz CT molecular complexity index is 26.9. The first kappa shape index (κ1) is 11.2. The fourth-order valence-corrected chi connectivity index (χ4v) is 0. The number of aliphatic hydroxyl groups is 1. The molecule has 46 valence electrons. The Kier molecular flexibility index (Phi) is 16.6. The van der Waals surface area contributed by atoms with Gasteiger partial charge in [-0.05, 0) is 14.1 Å². The fourth-order valence-electron chi connectivity index (χ4n) is 0. The lowest BCUT2D eigenvalue weighted by Gasteiger charge is -1.99. The SMILES string of the molecule is CN(C)CO.II. The van der Waals surface area contributed by atoms with Crippen LogP contribution in [0.15, 0.2) is 0 Å². The molecule has 2 nitrogen and oxygen atoms in total. The Morgan fingerprint density at radius 3 is 1.57 bits per heavy atom. The maximum atomic E-state index is 8.07. The van der Waals surface area contributed by atoms with Gasteiger partial charge >= 0.3 is 0 Å². The molecule has 1 N–H and O–H groups in total. The second-order valence-corrected chi connectivity index (χ2v) is 1.22. The summed E-state index contributed by atoms with van der Waals surface area (Å²) in [7, 11) is 3.61. The highest BCUT2D eigenvalue weighted by atomic mass is 128. The smallest absolute Gasteiger partial charge is 0.0951 e. The monoisotopic (exact) mass is 329 g/mol. The van der Waals surface area contributed by atoms with Crippen molar-refractivity contribution in [3.8, 4) is 0 Å². The Morgan fingerprint density at radius 1 is 1.43 bits per heavy atom. The summed E-state index contributed by atoms with van der Waals surface area (Å²) in [4.78, 5) is 1.68. The number of hydrogen-bond acceptors (Lipinski definition) is 2. The van der Waals surface area contributed by atoms with Crippen LogP contribution >= 0.6 is 37.2 Å². The van der Waals surface area contributed by atoms with Crippen molar-refractivity contribution >= 4 is 37.2 Å². The summed E-state index contributed by atoms with van der Waals surface area (Å²) in [5.41, 5.74) is 0. The predicted octanol–water partition coefficient (Wildman–Crippen LogP) is 1.27. The zero-order valence-electron chi connectivity index (χ0n) is 4.36. The van der Waals surface area contributed by atoms with E-state index in [1.54, 1.807) is 19.0 Å². The first-order valence-electron chi connectivity index (χ1n) is 1.67. The van der Waals surface area contributed by atoms with Crippen LogP contribution in [0.2, 0.25) is 0 Å². The molecule has 0 aromatic heterocycles. The summed E-state index contributed by atoms with van der Waals surface area (Å²) >= 11 is 4.24. The minimum absolute atomic E-state index is 0.139. The van der Waals surface area contributed by atoms with E-state index in [1.165, 1.54) is 0 Å². The molecular weight excluding hydrogens is 320 g/mol. The molecular formula is C3H9I2NO.